The summed E-state index contributed by atoms with van der Waals surface area (Å²) in [6.07, 6.45) is -4.37. The minimum Gasteiger partial charge on any atom is -0.326 e. The summed E-state index contributed by atoms with van der Waals surface area (Å²) in [5.41, 5.74) is 6.32. The lowest BCUT2D eigenvalue weighted by Gasteiger charge is -2.09. The second-order valence-corrected chi connectivity index (χ2v) is 4.13. The minimum absolute atomic E-state index is 0. The highest BCUT2D eigenvalue weighted by Gasteiger charge is 2.29. The Morgan fingerprint density at radius 3 is 2.00 bits per heavy atom. The lowest BCUT2D eigenvalue weighted by atomic mass is 10.0. The second kappa shape index (κ2) is 6.24. The van der Waals surface area contributed by atoms with Crippen LogP contribution < -0.4 is 5.73 Å². The number of alkyl halides is 3. The van der Waals surface area contributed by atoms with Crippen LogP contribution in [0.3, 0.4) is 0 Å². The predicted molar refractivity (Wildman–Crippen MR) is 72.0 cm³/mol. The van der Waals surface area contributed by atoms with Crippen LogP contribution in [0.15, 0.2) is 42.5 Å². The number of hydrogen-bond donors (Lipinski definition) is 1. The van der Waals surface area contributed by atoms with Gasteiger partial charge < -0.3 is 5.73 Å². The molecule has 2 N–H and O–H groups in total. The van der Waals surface area contributed by atoms with E-state index in [1.807, 2.05) is 0 Å². The third kappa shape index (κ3) is 3.71. The summed E-state index contributed by atoms with van der Waals surface area (Å²) in [4.78, 5) is 0. The number of benzene rings is 2. The maximum atomic E-state index is 13.3. The molecule has 0 amide bonds. The van der Waals surface area contributed by atoms with Crippen molar-refractivity contribution in [2.45, 2.75) is 12.7 Å². The first-order chi connectivity index (χ1) is 8.90. The standard InChI is InChI=1S/C14H11F4N.ClH/c15-13-6-9(8-19)5-11(7-13)10-1-3-12(4-2-10)14(16,17)18;/h1-7H,8,19H2;1H. The van der Waals surface area contributed by atoms with Gasteiger partial charge in [-0.1, -0.05) is 12.1 Å². The van der Waals surface area contributed by atoms with Gasteiger partial charge in [-0.05, 0) is 47.0 Å². The Hall–Kier alpha value is -1.59. The van der Waals surface area contributed by atoms with Gasteiger partial charge in [0, 0.05) is 6.54 Å². The average molecular weight is 306 g/mol. The van der Waals surface area contributed by atoms with Gasteiger partial charge >= 0.3 is 6.18 Å². The first-order valence-electron chi connectivity index (χ1n) is 5.57. The Kier molecular flexibility index (Phi) is 5.14. The zero-order chi connectivity index (χ0) is 14.0. The summed E-state index contributed by atoms with van der Waals surface area (Å²) in [5.74, 6) is -0.460. The van der Waals surface area contributed by atoms with Gasteiger partial charge in [-0.25, -0.2) is 4.39 Å². The fourth-order valence-electron chi connectivity index (χ4n) is 1.79. The molecule has 0 heterocycles. The van der Waals surface area contributed by atoms with E-state index in [9.17, 15) is 17.6 Å². The summed E-state index contributed by atoms with van der Waals surface area (Å²) < 4.78 is 50.6. The van der Waals surface area contributed by atoms with Crippen LogP contribution in [0.25, 0.3) is 11.1 Å². The molecule has 0 spiro atoms. The monoisotopic (exact) mass is 305 g/mol. The summed E-state index contributed by atoms with van der Waals surface area (Å²) >= 11 is 0. The van der Waals surface area contributed by atoms with Crippen LogP contribution in [0.1, 0.15) is 11.1 Å². The van der Waals surface area contributed by atoms with Crippen molar-refractivity contribution in [3.63, 3.8) is 0 Å². The van der Waals surface area contributed by atoms with Crippen molar-refractivity contribution in [3.8, 4) is 11.1 Å². The Balaban J connectivity index is 0.00000200. The van der Waals surface area contributed by atoms with Crippen molar-refractivity contribution in [1.82, 2.24) is 0 Å². The number of hydrogen-bond acceptors (Lipinski definition) is 1. The van der Waals surface area contributed by atoms with Crippen LogP contribution >= 0.6 is 12.4 Å². The van der Waals surface area contributed by atoms with Crippen molar-refractivity contribution < 1.29 is 17.6 Å². The lowest BCUT2D eigenvalue weighted by Crippen LogP contribution is -2.04. The summed E-state index contributed by atoms with van der Waals surface area (Å²) in [6.45, 7) is 0.172. The van der Waals surface area contributed by atoms with Crippen molar-refractivity contribution in [2.24, 2.45) is 5.73 Å². The molecule has 0 saturated heterocycles. The van der Waals surface area contributed by atoms with Crippen molar-refractivity contribution >= 4 is 12.4 Å². The van der Waals surface area contributed by atoms with Crippen molar-refractivity contribution in [2.75, 3.05) is 0 Å². The molecule has 2 aromatic rings. The average Bonchev–Trinajstić information content (AvgIpc) is 2.37. The highest BCUT2D eigenvalue weighted by Crippen LogP contribution is 2.31. The summed E-state index contributed by atoms with van der Waals surface area (Å²) in [6, 6.07) is 8.81. The molecule has 0 saturated carbocycles. The normalized spacial score (nSPS) is 11.1. The third-order valence-electron chi connectivity index (χ3n) is 2.74. The highest BCUT2D eigenvalue weighted by molar-refractivity contribution is 5.85. The fraction of sp³-hybridized carbons (Fsp3) is 0.143. The molecular weight excluding hydrogens is 294 g/mol. The van der Waals surface area contributed by atoms with E-state index in [2.05, 4.69) is 0 Å². The topological polar surface area (TPSA) is 26.0 Å². The van der Waals surface area contributed by atoms with Crippen LogP contribution in [0.5, 0.6) is 0 Å². The van der Waals surface area contributed by atoms with E-state index < -0.39 is 17.6 Å². The van der Waals surface area contributed by atoms with Crippen LogP contribution in [0, 0.1) is 5.82 Å². The van der Waals surface area contributed by atoms with Crippen molar-refractivity contribution in [1.29, 1.82) is 0 Å². The summed E-state index contributed by atoms with van der Waals surface area (Å²) in [5, 5.41) is 0. The molecule has 0 aromatic heterocycles. The first-order valence-corrected chi connectivity index (χ1v) is 5.57. The van der Waals surface area contributed by atoms with Crippen LogP contribution in [-0.4, -0.2) is 0 Å². The molecule has 0 aliphatic rings. The summed E-state index contributed by atoms with van der Waals surface area (Å²) in [7, 11) is 0. The minimum atomic E-state index is -4.37. The van der Waals surface area contributed by atoms with E-state index in [0.29, 0.717) is 16.7 Å². The van der Waals surface area contributed by atoms with Gasteiger partial charge in [-0.15, -0.1) is 12.4 Å². The van der Waals surface area contributed by atoms with Gasteiger partial charge in [-0.2, -0.15) is 13.2 Å². The van der Waals surface area contributed by atoms with E-state index in [4.69, 9.17) is 5.73 Å². The number of halogens is 5. The molecule has 0 aliphatic heterocycles. The van der Waals surface area contributed by atoms with E-state index in [1.54, 1.807) is 6.07 Å². The van der Waals surface area contributed by atoms with E-state index in [1.165, 1.54) is 24.3 Å². The quantitative estimate of drug-likeness (QED) is 0.818. The smallest absolute Gasteiger partial charge is 0.326 e. The van der Waals surface area contributed by atoms with Crippen LogP contribution in [0.4, 0.5) is 17.6 Å². The maximum Gasteiger partial charge on any atom is 0.416 e. The largest absolute Gasteiger partial charge is 0.416 e. The number of nitrogens with two attached hydrogens (primary N) is 1. The van der Waals surface area contributed by atoms with Crippen LogP contribution in [0.2, 0.25) is 0 Å². The zero-order valence-electron chi connectivity index (χ0n) is 10.2. The maximum absolute atomic E-state index is 13.3. The Morgan fingerprint density at radius 1 is 0.900 bits per heavy atom. The van der Waals surface area contributed by atoms with E-state index in [-0.39, 0.29) is 19.0 Å². The zero-order valence-corrected chi connectivity index (χ0v) is 11.1. The molecular formula is C14H12ClF4N. The molecule has 6 heteroatoms. The Morgan fingerprint density at radius 2 is 1.50 bits per heavy atom. The SMILES string of the molecule is Cl.NCc1cc(F)cc(-c2ccc(C(F)(F)F)cc2)c1. The molecule has 2 aromatic carbocycles. The molecule has 0 aliphatic carbocycles. The predicted octanol–water partition coefficient (Wildman–Crippen LogP) is 4.39. The van der Waals surface area contributed by atoms with Gasteiger partial charge in [0.15, 0.2) is 0 Å². The highest BCUT2D eigenvalue weighted by atomic mass is 35.5. The molecule has 20 heavy (non-hydrogen) atoms. The molecule has 0 radical (unpaired) electrons. The molecule has 108 valence electrons. The molecule has 0 fully saturated rings. The van der Waals surface area contributed by atoms with E-state index >= 15 is 0 Å². The molecule has 2 rings (SSSR count). The van der Waals surface area contributed by atoms with Gasteiger partial charge in [0.1, 0.15) is 5.82 Å². The Bertz CT molecular complexity index is 579. The lowest BCUT2D eigenvalue weighted by molar-refractivity contribution is -0.137. The van der Waals surface area contributed by atoms with E-state index in [0.717, 1.165) is 12.1 Å². The fourth-order valence-corrected chi connectivity index (χ4v) is 1.79. The molecule has 0 unspecified atom stereocenters. The van der Waals surface area contributed by atoms with Crippen molar-refractivity contribution in [3.05, 3.63) is 59.4 Å². The van der Waals surface area contributed by atoms with Gasteiger partial charge in [0.25, 0.3) is 0 Å². The van der Waals surface area contributed by atoms with Crippen LogP contribution in [-0.2, 0) is 12.7 Å². The van der Waals surface area contributed by atoms with Gasteiger partial charge in [0.05, 0.1) is 5.56 Å². The van der Waals surface area contributed by atoms with Gasteiger partial charge in [-0.3, -0.25) is 0 Å². The second-order valence-electron chi connectivity index (χ2n) is 4.13. The molecule has 1 nitrogen and oxygen atoms in total. The third-order valence-corrected chi connectivity index (χ3v) is 2.74. The molecule has 0 bridgehead atoms. The Labute approximate surface area is 119 Å². The van der Waals surface area contributed by atoms with Gasteiger partial charge in [0.2, 0.25) is 0 Å². The molecule has 0 atom stereocenters. The number of rotatable bonds is 2. The first kappa shape index (κ1) is 16.5.